The van der Waals surface area contributed by atoms with E-state index in [4.69, 9.17) is 4.74 Å². The molecule has 0 aliphatic heterocycles. The van der Waals surface area contributed by atoms with Gasteiger partial charge in [-0.2, -0.15) is 0 Å². The summed E-state index contributed by atoms with van der Waals surface area (Å²) >= 11 is 0. The molecule has 1 rings (SSSR count). The quantitative estimate of drug-likeness (QED) is 0.690. The average Bonchev–Trinajstić information content (AvgIpc) is 2.24. The first-order chi connectivity index (χ1) is 6.88. The summed E-state index contributed by atoms with van der Waals surface area (Å²) in [5.41, 5.74) is 1.09. The summed E-state index contributed by atoms with van der Waals surface area (Å²) in [6.45, 7) is 2.80. The lowest BCUT2D eigenvalue weighted by Gasteiger charge is -2.09. The highest BCUT2D eigenvalue weighted by atomic mass is 16.5. The smallest absolute Gasteiger partial charge is 0.198 e. The molecule has 1 aromatic rings. The number of benzene rings is 1. The van der Waals surface area contributed by atoms with E-state index < -0.39 is 0 Å². The Bertz CT molecular complexity index is 281. The first-order valence-electron chi connectivity index (χ1n) is 4.94. The molecule has 0 aromatic heterocycles. The van der Waals surface area contributed by atoms with Gasteiger partial charge in [0.15, 0.2) is 6.29 Å². The van der Waals surface area contributed by atoms with Crippen molar-refractivity contribution in [3.63, 3.8) is 0 Å². The van der Waals surface area contributed by atoms with Gasteiger partial charge in [-0.15, -0.1) is 0 Å². The van der Waals surface area contributed by atoms with Crippen molar-refractivity contribution in [1.82, 2.24) is 0 Å². The molecule has 0 aliphatic rings. The lowest BCUT2D eigenvalue weighted by Crippen LogP contribution is -1.99. The van der Waals surface area contributed by atoms with Gasteiger partial charge in [-0.05, 0) is 24.5 Å². The Morgan fingerprint density at radius 2 is 2.14 bits per heavy atom. The summed E-state index contributed by atoms with van der Waals surface area (Å²) in [6.07, 6.45) is 4.04. The molecule has 14 heavy (non-hydrogen) atoms. The first-order valence-corrected chi connectivity index (χ1v) is 4.94. The van der Waals surface area contributed by atoms with Gasteiger partial charge in [-0.25, -0.2) is 0 Å². The molecule has 1 radical (unpaired) electrons. The fourth-order valence-electron chi connectivity index (χ4n) is 1.25. The molecule has 1 aromatic carbocycles. The van der Waals surface area contributed by atoms with E-state index in [2.05, 4.69) is 6.92 Å². The molecule has 0 N–H and O–H groups in total. The Kier molecular flexibility index (Phi) is 4.76. The number of carbonyl (C=O) groups excluding carboxylic acids is 1. The van der Waals surface area contributed by atoms with Gasteiger partial charge in [0.1, 0.15) is 5.75 Å². The summed E-state index contributed by atoms with van der Waals surface area (Å²) < 4.78 is 5.55. The van der Waals surface area contributed by atoms with E-state index in [9.17, 15) is 4.79 Å². The average molecular weight is 191 g/mol. The Hall–Kier alpha value is -1.31. The minimum Gasteiger partial charge on any atom is -0.493 e. The number of rotatable bonds is 6. The van der Waals surface area contributed by atoms with Crippen LogP contribution in [0.4, 0.5) is 0 Å². The Morgan fingerprint density at radius 1 is 1.36 bits per heavy atom. The topological polar surface area (TPSA) is 26.3 Å². The van der Waals surface area contributed by atoms with Crippen molar-refractivity contribution in [2.75, 3.05) is 6.61 Å². The first kappa shape index (κ1) is 10.8. The summed E-state index contributed by atoms with van der Waals surface area (Å²) in [6, 6.07) is 7.83. The lowest BCUT2D eigenvalue weighted by molar-refractivity contribution is 0.314. The molecule has 0 fully saturated rings. The molecule has 0 bridgehead atoms. The molecule has 75 valence electrons. The molecule has 0 saturated heterocycles. The molecule has 0 spiro atoms. The molecule has 0 atom stereocenters. The van der Waals surface area contributed by atoms with Crippen LogP contribution in [0.2, 0.25) is 0 Å². The van der Waals surface area contributed by atoms with Crippen molar-refractivity contribution in [1.29, 1.82) is 0 Å². The Balaban J connectivity index is 2.64. The van der Waals surface area contributed by atoms with Gasteiger partial charge >= 0.3 is 0 Å². The van der Waals surface area contributed by atoms with Crippen LogP contribution in [0.25, 0.3) is 0 Å². The Morgan fingerprint density at radius 3 is 2.86 bits per heavy atom. The third-order valence-electron chi connectivity index (χ3n) is 1.93. The normalized spacial score (nSPS) is 9.79. The standard InChI is InChI=1S/C12H15O2/c1-2-10-14-12-8-4-3-6-11(12)7-5-9-13/h3-4,6,8H,2,5,7,10H2,1H3. The second-order valence-electron chi connectivity index (χ2n) is 3.10. The van der Waals surface area contributed by atoms with Crippen LogP contribution in [0.5, 0.6) is 5.75 Å². The van der Waals surface area contributed by atoms with Crippen molar-refractivity contribution in [3.05, 3.63) is 29.8 Å². The third-order valence-corrected chi connectivity index (χ3v) is 1.93. The van der Waals surface area contributed by atoms with E-state index in [-0.39, 0.29) is 0 Å². The number of para-hydroxylation sites is 1. The van der Waals surface area contributed by atoms with Crippen LogP contribution in [0.3, 0.4) is 0 Å². The number of hydrogen-bond donors (Lipinski definition) is 0. The fraction of sp³-hybridized carbons (Fsp3) is 0.417. The van der Waals surface area contributed by atoms with Crippen molar-refractivity contribution in [3.8, 4) is 5.75 Å². The van der Waals surface area contributed by atoms with E-state index in [0.717, 1.165) is 24.3 Å². The van der Waals surface area contributed by atoms with Crippen molar-refractivity contribution in [2.24, 2.45) is 0 Å². The molecule has 0 heterocycles. The van der Waals surface area contributed by atoms with Crippen LogP contribution in [-0.4, -0.2) is 12.9 Å². The van der Waals surface area contributed by atoms with Crippen LogP contribution in [0, 0.1) is 0 Å². The Labute approximate surface area is 84.9 Å². The molecule has 0 amide bonds. The minimum atomic E-state index is 0.437. The highest BCUT2D eigenvalue weighted by Crippen LogP contribution is 2.19. The van der Waals surface area contributed by atoms with E-state index in [0.29, 0.717) is 12.8 Å². The van der Waals surface area contributed by atoms with Crippen LogP contribution in [0.1, 0.15) is 25.3 Å². The largest absolute Gasteiger partial charge is 0.493 e. The van der Waals surface area contributed by atoms with Gasteiger partial charge in [0.2, 0.25) is 0 Å². The molecular weight excluding hydrogens is 176 g/mol. The van der Waals surface area contributed by atoms with Crippen molar-refractivity contribution in [2.45, 2.75) is 26.2 Å². The number of aryl methyl sites for hydroxylation is 1. The zero-order valence-electron chi connectivity index (χ0n) is 8.45. The SMILES string of the molecule is CCCOc1ccccc1CC[C]=O. The zero-order valence-corrected chi connectivity index (χ0v) is 8.45. The van der Waals surface area contributed by atoms with Gasteiger partial charge in [-0.1, -0.05) is 25.1 Å². The summed E-state index contributed by atoms with van der Waals surface area (Å²) in [5.74, 6) is 0.893. The van der Waals surface area contributed by atoms with Gasteiger partial charge in [-0.3, -0.25) is 4.79 Å². The van der Waals surface area contributed by atoms with Crippen molar-refractivity contribution < 1.29 is 9.53 Å². The predicted octanol–water partition coefficient (Wildman–Crippen LogP) is 2.52. The second kappa shape index (κ2) is 6.19. The maximum atomic E-state index is 10.1. The molecule has 2 heteroatoms. The van der Waals surface area contributed by atoms with Gasteiger partial charge in [0.25, 0.3) is 0 Å². The second-order valence-corrected chi connectivity index (χ2v) is 3.10. The number of hydrogen-bond acceptors (Lipinski definition) is 2. The fourth-order valence-corrected chi connectivity index (χ4v) is 1.25. The third kappa shape index (κ3) is 3.21. The molecule has 2 nitrogen and oxygen atoms in total. The van der Waals surface area contributed by atoms with E-state index in [1.165, 1.54) is 0 Å². The maximum Gasteiger partial charge on any atom is 0.198 e. The summed E-state index contributed by atoms with van der Waals surface area (Å²) in [5, 5.41) is 0. The molecule has 0 unspecified atom stereocenters. The summed E-state index contributed by atoms with van der Waals surface area (Å²) in [4.78, 5) is 10.1. The van der Waals surface area contributed by atoms with Crippen LogP contribution >= 0.6 is 0 Å². The van der Waals surface area contributed by atoms with E-state index >= 15 is 0 Å². The van der Waals surface area contributed by atoms with Gasteiger partial charge in [0, 0.05) is 6.42 Å². The highest BCUT2D eigenvalue weighted by molar-refractivity contribution is 5.51. The van der Waals surface area contributed by atoms with Crippen LogP contribution in [0.15, 0.2) is 24.3 Å². The molecule has 0 aliphatic carbocycles. The van der Waals surface area contributed by atoms with E-state index in [1.807, 2.05) is 30.6 Å². The van der Waals surface area contributed by atoms with Crippen LogP contribution in [-0.2, 0) is 11.2 Å². The summed E-state index contributed by atoms with van der Waals surface area (Å²) in [7, 11) is 0. The lowest BCUT2D eigenvalue weighted by atomic mass is 10.1. The van der Waals surface area contributed by atoms with Crippen LogP contribution < -0.4 is 4.74 Å². The van der Waals surface area contributed by atoms with Gasteiger partial charge in [0.05, 0.1) is 6.61 Å². The number of ether oxygens (including phenoxy) is 1. The van der Waals surface area contributed by atoms with Crippen molar-refractivity contribution >= 4 is 6.29 Å². The maximum absolute atomic E-state index is 10.1. The predicted molar refractivity (Wildman–Crippen MR) is 56.2 cm³/mol. The highest BCUT2D eigenvalue weighted by Gasteiger charge is 2.01. The minimum absolute atomic E-state index is 0.437. The monoisotopic (exact) mass is 191 g/mol. The van der Waals surface area contributed by atoms with Gasteiger partial charge < -0.3 is 4.74 Å². The molecular formula is C12H15O2. The molecule has 0 saturated carbocycles. The van der Waals surface area contributed by atoms with E-state index in [1.54, 1.807) is 0 Å². The zero-order chi connectivity index (χ0) is 10.2.